The van der Waals surface area contributed by atoms with Crippen molar-refractivity contribution in [3.8, 4) is 0 Å². The molecule has 1 unspecified atom stereocenters. The number of hydrogen-bond acceptors (Lipinski definition) is 2. The van der Waals surface area contributed by atoms with Crippen LogP contribution in [0.4, 0.5) is 10.1 Å². The quantitative estimate of drug-likeness (QED) is 0.850. The molecule has 1 heterocycles. The zero-order valence-electron chi connectivity index (χ0n) is 9.63. The topological polar surface area (TPSA) is 21.3 Å². The number of anilines is 1. The van der Waals surface area contributed by atoms with Crippen LogP contribution in [0.15, 0.2) is 18.2 Å². The fourth-order valence-corrected chi connectivity index (χ4v) is 1.97. The third kappa shape index (κ3) is 2.95. The summed E-state index contributed by atoms with van der Waals surface area (Å²) in [5, 5.41) is 3.12. The molecule has 1 aliphatic rings. The van der Waals surface area contributed by atoms with E-state index in [1.54, 1.807) is 6.07 Å². The Bertz CT molecular complexity index is 348. The van der Waals surface area contributed by atoms with Crippen molar-refractivity contribution in [2.75, 3.05) is 18.5 Å². The summed E-state index contributed by atoms with van der Waals surface area (Å²) in [6, 6.07) is 5.11. The first kappa shape index (κ1) is 11.4. The summed E-state index contributed by atoms with van der Waals surface area (Å²) in [5.74, 6) is -0.193. The van der Waals surface area contributed by atoms with Gasteiger partial charge in [0.1, 0.15) is 5.82 Å². The molecule has 1 aromatic carbocycles. The van der Waals surface area contributed by atoms with E-state index in [0.717, 1.165) is 25.0 Å². The second-order valence-corrected chi connectivity index (χ2v) is 4.35. The van der Waals surface area contributed by atoms with E-state index in [1.165, 1.54) is 12.5 Å². The van der Waals surface area contributed by atoms with Crippen molar-refractivity contribution in [3.05, 3.63) is 29.6 Å². The minimum atomic E-state index is -0.193. The Morgan fingerprint density at radius 3 is 3.06 bits per heavy atom. The maximum absolute atomic E-state index is 13.4. The lowest BCUT2D eigenvalue weighted by atomic mass is 10.1. The molecule has 0 amide bonds. The summed E-state index contributed by atoms with van der Waals surface area (Å²) in [6.07, 6.45) is 3.66. The van der Waals surface area contributed by atoms with E-state index in [4.69, 9.17) is 4.74 Å². The standard InChI is InChI=1S/C13H18FNO/c1-10-5-6-12(14)13(8-10)15-9-11-4-2-3-7-16-11/h5-6,8,11,15H,2-4,7,9H2,1H3. The first-order chi connectivity index (χ1) is 7.75. The smallest absolute Gasteiger partial charge is 0.146 e. The van der Waals surface area contributed by atoms with E-state index >= 15 is 0 Å². The molecule has 1 aliphatic heterocycles. The van der Waals surface area contributed by atoms with E-state index in [-0.39, 0.29) is 11.9 Å². The van der Waals surface area contributed by atoms with Gasteiger partial charge in [0.25, 0.3) is 0 Å². The fourth-order valence-electron chi connectivity index (χ4n) is 1.97. The van der Waals surface area contributed by atoms with Crippen LogP contribution < -0.4 is 5.32 Å². The van der Waals surface area contributed by atoms with Crippen LogP contribution in [0.25, 0.3) is 0 Å². The van der Waals surface area contributed by atoms with Crippen LogP contribution >= 0.6 is 0 Å². The Hall–Kier alpha value is -1.09. The number of nitrogens with one attached hydrogen (secondary N) is 1. The van der Waals surface area contributed by atoms with Gasteiger partial charge in [0, 0.05) is 13.2 Å². The predicted octanol–water partition coefficient (Wildman–Crippen LogP) is 3.12. The molecule has 1 atom stereocenters. The number of benzene rings is 1. The lowest BCUT2D eigenvalue weighted by molar-refractivity contribution is 0.0247. The van der Waals surface area contributed by atoms with Gasteiger partial charge in [0.2, 0.25) is 0 Å². The van der Waals surface area contributed by atoms with Gasteiger partial charge < -0.3 is 10.1 Å². The van der Waals surface area contributed by atoms with Crippen molar-refractivity contribution in [2.45, 2.75) is 32.3 Å². The monoisotopic (exact) mass is 223 g/mol. The molecule has 1 saturated heterocycles. The van der Waals surface area contributed by atoms with E-state index < -0.39 is 0 Å². The number of ether oxygens (including phenoxy) is 1. The summed E-state index contributed by atoms with van der Waals surface area (Å²) in [5.41, 5.74) is 1.64. The molecule has 0 radical (unpaired) electrons. The molecular weight excluding hydrogens is 205 g/mol. The van der Waals surface area contributed by atoms with Gasteiger partial charge in [-0.2, -0.15) is 0 Å². The summed E-state index contributed by atoms with van der Waals surface area (Å²) < 4.78 is 19.0. The van der Waals surface area contributed by atoms with Crippen LogP contribution in [0.1, 0.15) is 24.8 Å². The number of rotatable bonds is 3. The first-order valence-corrected chi connectivity index (χ1v) is 5.87. The summed E-state index contributed by atoms with van der Waals surface area (Å²) in [6.45, 7) is 3.49. The fraction of sp³-hybridized carbons (Fsp3) is 0.538. The summed E-state index contributed by atoms with van der Waals surface area (Å²) >= 11 is 0. The van der Waals surface area contributed by atoms with Crippen molar-refractivity contribution in [1.82, 2.24) is 0 Å². The van der Waals surface area contributed by atoms with Gasteiger partial charge in [0.15, 0.2) is 0 Å². The second kappa shape index (κ2) is 5.30. The second-order valence-electron chi connectivity index (χ2n) is 4.35. The van der Waals surface area contributed by atoms with Crippen LogP contribution in [-0.4, -0.2) is 19.3 Å². The van der Waals surface area contributed by atoms with Crippen LogP contribution in [0.3, 0.4) is 0 Å². The molecule has 1 fully saturated rings. The van der Waals surface area contributed by atoms with E-state index in [2.05, 4.69) is 5.32 Å². The highest BCUT2D eigenvalue weighted by Crippen LogP contribution is 2.18. The highest BCUT2D eigenvalue weighted by atomic mass is 19.1. The zero-order chi connectivity index (χ0) is 11.4. The van der Waals surface area contributed by atoms with Gasteiger partial charge in [-0.05, 0) is 43.9 Å². The van der Waals surface area contributed by atoms with Crippen molar-refractivity contribution in [2.24, 2.45) is 0 Å². The molecule has 88 valence electrons. The first-order valence-electron chi connectivity index (χ1n) is 5.87. The van der Waals surface area contributed by atoms with Crippen LogP contribution in [0.2, 0.25) is 0 Å². The van der Waals surface area contributed by atoms with E-state index in [0.29, 0.717) is 12.2 Å². The van der Waals surface area contributed by atoms with Gasteiger partial charge in [-0.25, -0.2) is 4.39 Å². The molecule has 2 rings (SSSR count). The van der Waals surface area contributed by atoms with Crippen LogP contribution in [0.5, 0.6) is 0 Å². The molecule has 0 spiro atoms. The molecular formula is C13H18FNO. The zero-order valence-corrected chi connectivity index (χ0v) is 9.63. The highest BCUT2D eigenvalue weighted by molar-refractivity contribution is 5.47. The largest absolute Gasteiger partial charge is 0.380 e. The number of hydrogen-bond donors (Lipinski definition) is 1. The molecule has 0 aromatic heterocycles. The Morgan fingerprint density at radius 1 is 1.44 bits per heavy atom. The van der Waals surface area contributed by atoms with E-state index in [1.807, 2.05) is 13.0 Å². The maximum Gasteiger partial charge on any atom is 0.146 e. The minimum absolute atomic E-state index is 0.193. The maximum atomic E-state index is 13.4. The molecule has 2 nitrogen and oxygen atoms in total. The molecule has 3 heteroatoms. The Morgan fingerprint density at radius 2 is 2.31 bits per heavy atom. The Balaban J connectivity index is 1.90. The van der Waals surface area contributed by atoms with Gasteiger partial charge >= 0.3 is 0 Å². The van der Waals surface area contributed by atoms with Crippen molar-refractivity contribution in [1.29, 1.82) is 0 Å². The van der Waals surface area contributed by atoms with Gasteiger partial charge in [-0.15, -0.1) is 0 Å². The summed E-state index contributed by atoms with van der Waals surface area (Å²) in [4.78, 5) is 0. The van der Waals surface area contributed by atoms with Crippen LogP contribution in [0, 0.1) is 12.7 Å². The molecule has 0 saturated carbocycles. The normalized spacial score (nSPS) is 20.8. The summed E-state index contributed by atoms with van der Waals surface area (Å²) in [7, 11) is 0. The average molecular weight is 223 g/mol. The van der Waals surface area contributed by atoms with Gasteiger partial charge in [-0.3, -0.25) is 0 Å². The Kier molecular flexibility index (Phi) is 3.78. The van der Waals surface area contributed by atoms with Gasteiger partial charge in [0.05, 0.1) is 11.8 Å². The molecule has 0 bridgehead atoms. The molecule has 16 heavy (non-hydrogen) atoms. The third-order valence-electron chi connectivity index (χ3n) is 2.92. The van der Waals surface area contributed by atoms with Crippen LogP contribution in [-0.2, 0) is 4.74 Å². The molecule has 0 aliphatic carbocycles. The highest BCUT2D eigenvalue weighted by Gasteiger charge is 2.13. The minimum Gasteiger partial charge on any atom is -0.380 e. The molecule has 1 N–H and O–H groups in total. The van der Waals surface area contributed by atoms with Gasteiger partial charge in [-0.1, -0.05) is 6.07 Å². The van der Waals surface area contributed by atoms with Crippen molar-refractivity contribution < 1.29 is 9.13 Å². The average Bonchev–Trinajstić information content (AvgIpc) is 2.32. The SMILES string of the molecule is Cc1ccc(F)c(NCC2CCCCO2)c1. The molecule has 1 aromatic rings. The van der Waals surface area contributed by atoms with Crippen molar-refractivity contribution >= 4 is 5.69 Å². The van der Waals surface area contributed by atoms with E-state index in [9.17, 15) is 4.39 Å². The lowest BCUT2D eigenvalue weighted by Crippen LogP contribution is -2.27. The number of halogens is 1. The Labute approximate surface area is 95.8 Å². The number of aryl methyl sites for hydroxylation is 1. The van der Waals surface area contributed by atoms with Crippen molar-refractivity contribution in [3.63, 3.8) is 0 Å². The third-order valence-corrected chi connectivity index (χ3v) is 2.92. The lowest BCUT2D eigenvalue weighted by Gasteiger charge is -2.23. The predicted molar refractivity (Wildman–Crippen MR) is 63.2 cm³/mol.